The molecule has 0 spiro atoms. The first kappa shape index (κ1) is 18.6. The number of urea groups is 1. The highest BCUT2D eigenvalue weighted by atomic mass is 35.5. The minimum atomic E-state index is -0.778. The van der Waals surface area contributed by atoms with Crippen molar-refractivity contribution in [2.75, 3.05) is 11.9 Å². The molecule has 3 rings (SSSR count). The van der Waals surface area contributed by atoms with Gasteiger partial charge in [0, 0.05) is 12.5 Å². The van der Waals surface area contributed by atoms with E-state index in [2.05, 4.69) is 9.97 Å². The first-order valence-electron chi connectivity index (χ1n) is 7.99. The van der Waals surface area contributed by atoms with Crippen molar-refractivity contribution in [2.24, 2.45) is 0 Å². The maximum Gasteiger partial charge on any atom is 0.332 e. The van der Waals surface area contributed by atoms with Gasteiger partial charge in [0.1, 0.15) is 11.9 Å². The Balaban J connectivity index is 1.96. The molecule has 0 bridgehead atoms. The average molecular weight is 393 g/mol. The Labute approximate surface area is 161 Å². The molecule has 8 heteroatoms. The summed E-state index contributed by atoms with van der Waals surface area (Å²) in [6.45, 7) is 5.97. The van der Waals surface area contributed by atoms with Crippen molar-refractivity contribution >= 4 is 40.8 Å². The van der Waals surface area contributed by atoms with Crippen LogP contribution < -0.4 is 4.90 Å². The molecule has 1 aromatic heterocycles. The van der Waals surface area contributed by atoms with E-state index in [-0.39, 0.29) is 11.3 Å². The summed E-state index contributed by atoms with van der Waals surface area (Å²) in [4.78, 5) is 36.6. The molecule has 136 valence electrons. The van der Waals surface area contributed by atoms with E-state index in [1.54, 1.807) is 25.2 Å². The van der Waals surface area contributed by atoms with Gasteiger partial charge in [0.25, 0.3) is 5.91 Å². The lowest BCUT2D eigenvalue weighted by molar-refractivity contribution is -0.119. The van der Waals surface area contributed by atoms with Gasteiger partial charge in [-0.3, -0.25) is 4.79 Å². The Hall–Kier alpha value is -2.18. The number of likely N-dealkylation sites (N-methyl/N-ethyl adjacent to an activating group) is 1. The number of benzene rings is 1. The van der Waals surface area contributed by atoms with Crippen LogP contribution in [-0.2, 0) is 10.2 Å². The number of carbonyl (C=O) groups is 2. The zero-order valence-electron chi connectivity index (χ0n) is 14.8. The minimum absolute atomic E-state index is 0.225. The molecular formula is C18H18Cl2N4O2. The number of hydrogen-bond donors (Lipinski definition) is 0. The summed E-state index contributed by atoms with van der Waals surface area (Å²) in [5, 5.41) is 0.715. The third-order valence-corrected chi connectivity index (χ3v) is 4.90. The van der Waals surface area contributed by atoms with Crippen LogP contribution in [0.25, 0.3) is 0 Å². The molecule has 0 saturated carbocycles. The number of halogens is 2. The van der Waals surface area contributed by atoms with Crippen LogP contribution in [0.3, 0.4) is 0 Å². The van der Waals surface area contributed by atoms with Crippen LogP contribution in [0.1, 0.15) is 38.2 Å². The number of anilines is 1. The molecule has 1 aliphatic heterocycles. The second-order valence-corrected chi connectivity index (χ2v) is 7.97. The van der Waals surface area contributed by atoms with Crippen molar-refractivity contribution in [1.29, 1.82) is 0 Å². The Morgan fingerprint density at radius 2 is 1.65 bits per heavy atom. The maximum absolute atomic E-state index is 12.9. The van der Waals surface area contributed by atoms with Crippen LogP contribution in [0.5, 0.6) is 0 Å². The Kier molecular flexibility index (Phi) is 4.67. The fourth-order valence-corrected chi connectivity index (χ4v) is 3.07. The number of rotatable bonds is 2. The van der Waals surface area contributed by atoms with Crippen molar-refractivity contribution in [1.82, 2.24) is 14.9 Å². The number of amides is 3. The topological polar surface area (TPSA) is 66.4 Å². The Bertz CT molecular complexity index is 878. The molecular weight excluding hydrogens is 375 g/mol. The number of hydrogen-bond acceptors (Lipinski definition) is 4. The lowest BCUT2D eigenvalue weighted by Gasteiger charge is -2.18. The molecule has 6 nitrogen and oxygen atoms in total. The third kappa shape index (κ3) is 3.15. The standard InChI is InChI=1S/C18H18Cl2N4O2/c1-18(2,3)16-21-8-11(9-22-16)24-15(25)14(23(4)17(24)26)10-5-6-12(19)13(20)7-10/h5-9,14H,1-4H3. The minimum Gasteiger partial charge on any atom is -0.311 e. The van der Waals surface area contributed by atoms with Gasteiger partial charge in [-0.2, -0.15) is 0 Å². The van der Waals surface area contributed by atoms with Gasteiger partial charge in [-0.15, -0.1) is 0 Å². The zero-order chi connectivity index (χ0) is 19.2. The number of carbonyl (C=O) groups excluding carboxylic acids is 2. The summed E-state index contributed by atoms with van der Waals surface area (Å²) in [5.74, 6) is 0.248. The van der Waals surface area contributed by atoms with Crippen molar-refractivity contribution in [3.05, 3.63) is 52.0 Å². The Morgan fingerprint density at radius 1 is 1.04 bits per heavy atom. The largest absolute Gasteiger partial charge is 0.332 e. The second-order valence-electron chi connectivity index (χ2n) is 7.16. The van der Waals surface area contributed by atoms with E-state index < -0.39 is 12.1 Å². The summed E-state index contributed by atoms with van der Waals surface area (Å²) in [6, 6.07) is 3.66. The monoisotopic (exact) mass is 392 g/mol. The fraction of sp³-hybridized carbons (Fsp3) is 0.333. The summed E-state index contributed by atoms with van der Waals surface area (Å²) < 4.78 is 0. The first-order valence-corrected chi connectivity index (χ1v) is 8.75. The molecule has 0 radical (unpaired) electrons. The number of imide groups is 1. The molecule has 0 N–H and O–H groups in total. The molecule has 1 saturated heterocycles. The molecule has 2 heterocycles. The van der Waals surface area contributed by atoms with Gasteiger partial charge in [0.15, 0.2) is 0 Å². The molecule has 2 aromatic rings. The third-order valence-electron chi connectivity index (χ3n) is 4.16. The summed E-state index contributed by atoms with van der Waals surface area (Å²) in [7, 11) is 1.57. The van der Waals surface area contributed by atoms with E-state index in [4.69, 9.17) is 23.2 Å². The summed E-state index contributed by atoms with van der Waals surface area (Å²) in [6.07, 6.45) is 2.99. The van der Waals surface area contributed by atoms with Crippen LogP contribution in [0.2, 0.25) is 10.0 Å². The molecule has 1 unspecified atom stereocenters. The highest BCUT2D eigenvalue weighted by Gasteiger charge is 2.45. The molecule has 1 aliphatic rings. The molecule has 1 fully saturated rings. The van der Waals surface area contributed by atoms with Crippen LogP contribution in [0.4, 0.5) is 10.5 Å². The van der Waals surface area contributed by atoms with Crippen molar-refractivity contribution in [3.63, 3.8) is 0 Å². The van der Waals surface area contributed by atoms with Gasteiger partial charge in [0.05, 0.1) is 28.1 Å². The lowest BCUT2D eigenvalue weighted by Crippen LogP contribution is -2.32. The first-order chi connectivity index (χ1) is 12.1. The SMILES string of the molecule is CN1C(=O)N(c2cnc(C(C)(C)C)nc2)C(=O)C1c1ccc(Cl)c(Cl)c1. The van der Waals surface area contributed by atoms with Crippen LogP contribution >= 0.6 is 23.2 Å². The molecule has 1 aromatic carbocycles. The second kappa shape index (κ2) is 6.52. The predicted octanol–water partition coefficient (Wildman–Crippen LogP) is 4.22. The summed E-state index contributed by atoms with van der Waals surface area (Å²) in [5.41, 5.74) is 0.703. The fourth-order valence-electron chi connectivity index (χ4n) is 2.76. The number of aromatic nitrogens is 2. The van der Waals surface area contributed by atoms with Crippen LogP contribution in [0, 0.1) is 0 Å². The molecule has 1 atom stereocenters. The van der Waals surface area contributed by atoms with Gasteiger partial charge in [0.2, 0.25) is 0 Å². The van der Waals surface area contributed by atoms with E-state index in [1.807, 2.05) is 20.8 Å². The smallest absolute Gasteiger partial charge is 0.311 e. The van der Waals surface area contributed by atoms with Gasteiger partial charge in [-0.1, -0.05) is 50.0 Å². The highest BCUT2D eigenvalue weighted by Crippen LogP contribution is 2.35. The van der Waals surface area contributed by atoms with Gasteiger partial charge < -0.3 is 4.90 Å². The van der Waals surface area contributed by atoms with Crippen LogP contribution in [0.15, 0.2) is 30.6 Å². The van der Waals surface area contributed by atoms with Gasteiger partial charge in [-0.25, -0.2) is 19.7 Å². The van der Waals surface area contributed by atoms with Crippen molar-refractivity contribution in [3.8, 4) is 0 Å². The molecule has 26 heavy (non-hydrogen) atoms. The Morgan fingerprint density at radius 3 is 2.19 bits per heavy atom. The average Bonchev–Trinajstić information content (AvgIpc) is 2.79. The summed E-state index contributed by atoms with van der Waals surface area (Å²) >= 11 is 12.0. The van der Waals surface area contributed by atoms with E-state index in [9.17, 15) is 9.59 Å². The van der Waals surface area contributed by atoms with E-state index >= 15 is 0 Å². The highest BCUT2D eigenvalue weighted by molar-refractivity contribution is 6.42. The van der Waals surface area contributed by atoms with E-state index in [0.717, 1.165) is 4.90 Å². The van der Waals surface area contributed by atoms with Gasteiger partial charge in [-0.05, 0) is 17.7 Å². The van der Waals surface area contributed by atoms with Gasteiger partial charge >= 0.3 is 6.03 Å². The van der Waals surface area contributed by atoms with Crippen molar-refractivity contribution in [2.45, 2.75) is 32.2 Å². The normalized spacial score (nSPS) is 18.0. The lowest BCUT2D eigenvalue weighted by atomic mass is 9.96. The van der Waals surface area contributed by atoms with Crippen LogP contribution in [-0.4, -0.2) is 33.9 Å². The van der Waals surface area contributed by atoms with E-state index in [0.29, 0.717) is 27.1 Å². The van der Waals surface area contributed by atoms with E-state index in [1.165, 1.54) is 17.3 Å². The molecule has 3 amide bonds. The maximum atomic E-state index is 12.9. The van der Waals surface area contributed by atoms with Crippen molar-refractivity contribution < 1.29 is 9.59 Å². The number of nitrogens with zero attached hydrogens (tertiary/aromatic N) is 4. The quantitative estimate of drug-likeness (QED) is 0.717. The zero-order valence-corrected chi connectivity index (χ0v) is 16.3. The molecule has 0 aliphatic carbocycles. The predicted molar refractivity (Wildman–Crippen MR) is 101 cm³/mol.